The summed E-state index contributed by atoms with van der Waals surface area (Å²) in [5.74, 6) is -0.455. The number of benzene rings is 2. The molecule has 0 spiro atoms. The van der Waals surface area contributed by atoms with Crippen LogP contribution in [-0.4, -0.2) is 11.8 Å². The van der Waals surface area contributed by atoms with E-state index in [1.807, 2.05) is 36.4 Å². The summed E-state index contributed by atoms with van der Waals surface area (Å²) in [5, 5.41) is 2.45. The molecule has 4 rings (SSSR count). The van der Waals surface area contributed by atoms with Gasteiger partial charge in [0.1, 0.15) is 0 Å². The first-order valence-corrected chi connectivity index (χ1v) is 7.95. The van der Waals surface area contributed by atoms with Crippen LogP contribution in [0.2, 0.25) is 0 Å². The molecule has 0 fully saturated rings. The molecule has 2 aromatic carbocycles. The molecule has 4 heteroatoms. The third-order valence-electron chi connectivity index (χ3n) is 3.96. The van der Waals surface area contributed by atoms with Crippen LogP contribution in [0.4, 0.5) is 0 Å². The van der Waals surface area contributed by atoms with E-state index in [-0.39, 0.29) is 24.7 Å². The lowest BCUT2D eigenvalue weighted by molar-refractivity contribution is -0.129. The van der Waals surface area contributed by atoms with E-state index in [1.54, 1.807) is 11.8 Å². The number of nitrogens with one attached hydrogen (secondary N) is 1. The number of hydrogen-bond donors (Lipinski definition) is 1. The number of amides is 2. The Labute approximate surface area is 132 Å². The van der Waals surface area contributed by atoms with Gasteiger partial charge >= 0.3 is 0 Å². The molecule has 0 saturated heterocycles. The summed E-state index contributed by atoms with van der Waals surface area (Å²) in [6.07, 6.45) is 0.486. The minimum atomic E-state index is -0.228. The molecule has 2 amide bonds. The van der Waals surface area contributed by atoms with Crippen LogP contribution in [-0.2, 0) is 9.59 Å². The molecule has 0 radical (unpaired) electrons. The van der Waals surface area contributed by atoms with Gasteiger partial charge in [-0.1, -0.05) is 48.2 Å². The first-order valence-electron chi connectivity index (χ1n) is 7.14. The summed E-state index contributed by atoms with van der Waals surface area (Å²) in [7, 11) is 0. The molecule has 3 nitrogen and oxygen atoms in total. The molecule has 2 aliphatic rings. The molecule has 2 aromatic rings. The molecular formula is C18H13NO2S. The van der Waals surface area contributed by atoms with Crippen molar-refractivity contribution in [3.05, 3.63) is 59.7 Å². The molecule has 0 unspecified atom stereocenters. The zero-order valence-electron chi connectivity index (χ0n) is 11.8. The quantitative estimate of drug-likeness (QED) is 0.758. The van der Waals surface area contributed by atoms with Crippen molar-refractivity contribution in [3.8, 4) is 0 Å². The number of hydrogen-bond acceptors (Lipinski definition) is 3. The van der Waals surface area contributed by atoms with Gasteiger partial charge in [-0.15, -0.1) is 0 Å². The Morgan fingerprint density at radius 2 is 1.18 bits per heavy atom. The molecule has 22 heavy (non-hydrogen) atoms. The van der Waals surface area contributed by atoms with E-state index >= 15 is 0 Å². The SMILES string of the molecule is O=C1CC2=C(CC(=O)N1)c1ccccc1Sc1ccccc12. The molecule has 0 saturated carbocycles. The van der Waals surface area contributed by atoms with Crippen LogP contribution in [0.15, 0.2) is 58.3 Å². The Balaban J connectivity index is 2.04. The molecule has 0 bridgehead atoms. The topological polar surface area (TPSA) is 46.2 Å². The van der Waals surface area contributed by atoms with Crippen molar-refractivity contribution < 1.29 is 9.59 Å². The lowest BCUT2D eigenvalue weighted by Gasteiger charge is -2.11. The fourth-order valence-corrected chi connectivity index (χ4v) is 4.15. The van der Waals surface area contributed by atoms with Crippen LogP contribution < -0.4 is 5.32 Å². The van der Waals surface area contributed by atoms with Crippen LogP contribution in [0.3, 0.4) is 0 Å². The molecule has 2 aliphatic heterocycles. The number of fused-ring (bicyclic) bond motifs is 4. The Bertz CT molecular complexity index is 771. The number of carbonyl (C=O) groups excluding carboxylic acids is 2. The summed E-state index contributed by atoms with van der Waals surface area (Å²) in [5.41, 5.74) is 4.06. The van der Waals surface area contributed by atoms with E-state index in [0.29, 0.717) is 0 Å². The minimum absolute atomic E-state index is 0.228. The highest BCUT2D eigenvalue weighted by Crippen LogP contribution is 2.46. The van der Waals surface area contributed by atoms with Gasteiger partial charge in [-0.05, 0) is 34.4 Å². The van der Waals surface area contributed by atoms with Gasteiger partial charge in [0.25, 0.3) is 0 Å². The maximum Gasteiger partial charge on any atom is 0.231 e. The molecular weight excluding hydrogens is 294 g/mol. The second-order valence-electron chi connectivity index (χ2n) is 5.38. The fraction of sp³-hybridized carbons (Fsp3) is 0.111. The lowest BCUT2D eigenvalue weighted by Crippen LogP contribution is -2.28. The molecule has 108 valence electrons. The van der Waals surface area contributed by atoms with Gasteiger partial charge in [0.2, 0.25) is 11.8 Å². The Kier molecular flexibility index (Phi) is 3.12. The standard InChI is InChI=1S/C18H13NO2S/c20-17-9-13-11-5-1-3-7-15(11)22-16-8-4-2-6-12(16)14(13)10-18(21)19-17/h1-8H,9-10H2,(H,19,20,21). The van der Waals surface area contributed by atoms with Crippen molar-refractivity contribution in [1.29, 1.82) is 0 Å². The van der Waals surface area contributed by atoms with Crippen LogP contribution in [0.5, 0.6) is 0 Å². The Hall–Kier alpha value is -2.33. The highest BCUT2D eigenvalue weighted by Gasteiger charge is 2.28. The third kappa shape index (κ3) is 2.16. The predicted octanol–water partition coefficient (Wildman–Crippen LogP) is 3.50. The fourth-order valence-electron chi connectivity index (χ4n) is 3.02. The van der Waals surface area contributed by atoms with Crippen molar-refractivity contribution in [2.45, 2.75) is 22.6 Å². The summed E-state index contributed by atoms with van der Waals surface area (Å²) in [6.45, 7) is 0. The Morgan fingerprint density at radius 1 is 0.727 bits per heavy atom. The van der Waals surface area contributed by atoms with E-state index < -0.39 is 0 Å². The monoisotopic (exact) mass is 307 g/mol. The van der Waals surface area contributed by atoms with Gasteiger partial charge in [-0.3, -0.25) is 14.9 Å². The van der Waals surface area contributed by atoms with Gasteiger partial charge in [-0.2, -0.15) is 0 Å². The largest absolute Gasteiger partial charge is 0.296 e. The predicted molar refractivity (Wildman–Crippen MR) is 86.2 cm³/mol. The maximum atomic E-state index is 12.0. The molecule has 2 heterocycles. The van der Waals surface area contributed by atoms with E-state index in [4.69, 9.17) is 0 Å². The van der Waals surface area contributed by atoms with E-state index in [1.165, 1.54) is 0 Å². The summed E-state index contributed by atoms with van der Waals surface area (Å²) >= 11 is 1.69. The summed E-state index contributed by atoms with van der Waals surface area (Å²) in [4.78, 5) is 26.3. The van der Waals surface area contributed by atoms with Crippen molar-refractivity contribution >= 4 is 34.7 Å². The highest BCUT2D eigenvalue weighted by molar-refractivity contribution is 7.99. The average molecular weight is 307 g/mol. The molecule has 0 aromatic heterocycles. The summed E-state index contributed by atoms with van der Waals surface area (Å²) in [6, 6.07) is 16.2. The normalized spacial score (nSPS) is 16.9. The van der Waals surface area contributed by atoms with Gasteiger partial charge in [0.05, 0.1) is 12.8 Å². The van der Waals surface area contributed by atoms with E-state index in [9.17, 15) is 9.59 Å². The lowest BCUT2D eigenvalue weighted by atomic mass is 9.91. The smallest absolute Gasteiger partial charge is 0.231 e. The summed E-state index contributed by atoms with van der Waals surface area (Å²) < 4.78 is 0. The van der Waals surface area contributed by atoms with E-state index in [2.05, 4.69) is 17.4 Å². The molecule has 1 N–H and O–H groups in total. The third-order valence-corrected chi connectivity index (χ3v) is 5.11. The number of imide groups is 1. The second kappa shape index (κ2) is 5.14. The van der Waals surface area contributed by atoms with Crippen LogP contribution in [0, 0.1) is 0 Å². The van der Waals surface area contributed by atoms with Crippen LogP contribution in [0.1, 0.15) is 24.0 Å². The van der Waals surface area contributed by atoms with Crippen molar-refractivity contribution in [2.24, 2.45) is 0 Å². The van der Waals surface area contributed by atoms with Gasteiger partial charge in [0.15, 0.2) is 0 Å². The average Bonchev–Trinajstić information content (AvgIpc) is 2.73. The molecule has 0 atom stereocenters. The van der Waals surface area contributed by atoms with Crippen LogP contribution >= 0.6 is 11.8 Å². The van der Waals surface area contributed by atoms with Gasteiger partial charge < -0.3 is 0 Å². The van der Waals surface area contributed by atoms with Crippen LogP contribution in [0.25, 0.3) is 11.1 Å². The first kappa shape index (κ1) is 13.3. The van der Waals surface area contributed by atoms with Gasteiger partial charge in [0, 0.05) is 9.79 Å². The number of carbonyl (C=O) groups is 2. The second-order valence-corrected chi connectivity index (χ2v) is 6.46. The van der Waals surface area contributed by atoms with Crippen molar-refractivity contribution in [2.75, 3.05) is 0 Å². The van der Waals surface area contributed by atoms with E-state index in [0.717, 1.165) is 32.1 Å². The van der Waals surface area contributed by atoms with Crippen molar-refractivity contribution in [1.82, 2.24) is 5.32 Å². The Morgan fingerprint density at radius 3 is 1.68 bits per heavy atom. The zero-order chi connectivity index (χ0) is 15.1. The van der Waals surface area contributed by atoms with Crippen molar-refractivity contribution in [3.63, 3.8) is 0 Å². The zero-order valence-corrected chi connectivity index (χ0v) is 12.6. The first-order chi connectivity index (χ1) is 10.7. The van der Waals surface area contributed by atoms with Gasteiger partial charge in [-0.25, -0.2) is 0 Å². The number of rotatable bonds is 0. The minimum Gasteiger partial charge on any atom is -0.296 e. The highest BCUT2D eigenvalue weighted by atomic mass is 32.2. The maximum absolute atomic E-state index is 12.0. The molecule has 0 aliphatic carbocycles.